The molecule has 0 radical (unpaired) electrons. The standard InChI is InChI=1S/C24H23N3O2/c25-15-18-7-4-8-19(13-18)22(28)27-20-9-10-21(27)24(14-20)11-12-26(23(24)29)16-17-5-2-1-3-6-17/h1-8,13,20-21H,9-12,14,16H2. The number of amides is 2. The number of nitriles is 1. The van der Waals surface area contributed by atoms with Crippen LogP contribution < -0.4 is 0 Å². The third-order valence-corrected chi connectivity index (χ3v) is 6.97. The van der Waals surface area contributed by atoms with Gasteiger partial charge in [-0.2, -0.15) is 5.26 Å². The van der Waals surface area contributed by atoms with E-state index >= 15 is 0 Å². The number of fused-ring (bicyclic) bond motifs is 3. The molecule has 5 heteroatoms. The van der Waals surface area contributed by atoms with Crippen LogP contribution in [0, 0.1) is 16.7 Å². The van der Waals surface area contributed by atoms with E-state index < -0.39 is 5.41 Å². The van der Waals surface area contributed by atoms with Gasteiger partial charge in [-0.1, -0.05) is 36.4 Å². The van der Waals surface area contributed by atoms with E-state index in [1.54, 1.807) is 24.3 Å². The van der Waals surface area contributed by atoms with Crippen LogP contribution in [-0.4, -0.2) is 40.2 Å². The Labute approximate surface area is 170 Å². The minimum atomic E-state index is -0.430. The van der Waals surface area contributed by atoms with Gasteiger partial charge in [0.1, 0.15) is 0 Å². The van der Waals surface area contributed by atoms with Crippen LogP contribution in [0.25, 0.3) is 0 Å². The fourth-order valence-electron chi connectivity index (χ4n) is 5.67. The van der Waals surface area contributed by atoms with E-state index in [0.717, 1.165) is 37.8 Å². The Morgan fingerprint density at radius 1 is 1.14 bits per heavy atom. The molecule has 3 fully saturated rings. The molecule has 2 aromatic carbocycles. The number of nitrogens with zero attached hydrogens (tertiary/aromatic N) is 3. The second-order valence-corrected chi connectivity index (χ2v) is 8.47. The highest BCUT2D eigenvalue weighted by Crippen LogP contribution is 2.55. The van der Waals surface area contributed by atoms with Crippen molar-refractivity contribution >= 4 is 11.8 Å². The van der Waals surface area contributed by atoms with Crippen LogP contribution in [0.1, 0.15) is 47.2 Å². The number of carbonyl (C=O) groups excluding carboxylic acids is 2. The van der Waals surface area contributed by atoms with E-state index in [1.807, 2.05) is 28.0 Å². The predicted molar refractivity (Wildman–Crippen MR) is 108 cm³/mol. The Hall–Kier alpha value is -3.13. The highest BCUT2D eigenvalue weighted by Gasteiger charge is 2.63. The highest BCUT2D eigenvalue weighted by molar-refractivity contribution is 5.97. The molecular weight excluding hydrogens is 362 g/mol. The first kappa shape index (κ1) is 17.9. The van der Waals surface area contributed by atoms with Gasteiger partial charge in [-0.3, -0.25) is 9.59 Å². The van der Waals surface area contributed by atoms with Gasteiger partial charge < -0.3 is 9.80 Å². The van der Waals surface area contributed by atoms with Gasteiger partial charge >= 0.3 is 0 Å². The molecule has 0 N–H and O–H groups in total. The van der Waals surface area contributed by atoms with Crippen LogP contribution in [-0.2, 0) is 11.3 Å². The summed E-state index contributed by atoms with van der Waals surface area (Å²) in [4.78, 5) is 30.7. The average Bonchev–Trinajstić information content (AvgIpc) is 3.41. The van der Waals surface area contributed by atoms with E-state index in [9.17, 15) is 9.59 Å². The van der Waals surface area contributed by atoms with Gasteiger partial charge in [0.05, 0.1) is 17.0 Å². The maximum Gasteiger partial charge on any atom is 0.254 e. The minimum Gasteiger partial charge on any atom is -0.338 e. The van der Waals surface area contributed by atoms with E-state index in [2.05, 4.69) is 18.2 Å². The number of likely N-dealkylation sites (tertiary alicyclic amines) is 1. The molecule has 2 amide bonds. The largest absolute Gasteiger partial charge is 0.338 e. The monoisotopic (exact) mass is 385 g/mol. The molecule has 146 valence electrons. The number of hydrogen-bond donors (Lipinski definition) is 0. The summed E-state index contributed by atoms with van der Waals surface area (Å²) in [6, 6.07) is 19.2. The van der Waals surface area contributed by atoms with Crippen molar-refractivity contribution in [2.45, 2.75) is 44.3 Å². The van der Waals surface area contributed by atoms with Crippen molar-refractivity contribution in [3.05, 3.63) is 71.3 Å². The van der Waals surface area contributed by atoms with Crippen LogP contribution in [0.2, 0.25) is 0 Å². The summed E-state index contributed by atoms with van der Waals surface area (Å²) >= 11 is 0. The molecule has 5 rings (SSSR count). The second-order valence-electron chi connectivity index (χ2n) is 8.47. The Morgan fingerprint density at radius 2 is 1.97 bits per heavy atom. The zero-order valence-corrected chi connectivity index (χ0v) is 16.3. The van der Waals surface area contributed by atoms with Gasteiger partial charge in [0.15, 0.2) is 0 Å². The van der Waals surface area contributed by atoms with Crippen molar-refractivity contribution < 1.29 is 9.59 Å². The number of rotatable bonds is 3. The molecule has 0 aliphatic carbocycles. The topological polar surface area (TPSA) is 64.4 Å². The lowest BCUT2D eigenvalue weighted by molar-refractivity contribution is -0.137. The van der Waals surface area contributed by atoms with Crippen LogP contribution in [0.3, 0.4) is 0 Å². The van der Waals surface area contributed by atoms with Crippen LogP contribution in [0.4, 0.5) is 0 Å². The Bertz CT molecular complexity index is 1010. The molecule has 29 heavy (non-hydrogen) atoms. The van der Waals surface area contributed by atoms with Crippen LogP contribution >= 0.6 is 0 Å². The van der Waals surface area contributed by atoms with Gasteiger partial charge in [-0.15, -0.1) is 0 Å². The summed E-state index contributed by atoms with van der Waals surface area (Å²) < 4.78 is 0. The van der Waals surface area contributed by atoms with E-state index in [0.29, 0.717) is 17.7 Å². The Kier molecular flexibility index (Phi) is 4.16. The van der Waals surface area contributed by atoms with Crippen LogP contribution in [0.15, 0.2) is 54.6 Å². The number of benzene rings is 2. The first-order valence-electron chi connectivity index (χ1n) is 10.3. The predicted octanol–water partition coefficient (Wildman–Crippen LogP) is 3.35. The smallest absolute Gasteiger partial charge is 0.254 e. The zero-order chi connectivity index (χ0) is 20.0. The van der Waals surface area contributed by atoms with Crippen molar-refractivity contribution in [1.82, 2.24) is 9.80 Å². The molecular formula is C24H23N3O2. The summed E-state index contributed by atoms with van der Waals surface area (Å²) in [6.07, 6.45) is 3.44. The zero-order valence-electron chi connectivity index (χ0n) is 16.3. The second kappa shape index (κ2) is 6.73. The Balaban J connectivity index is 1.39. The van der Waals surface area contributed by atoms with Crippen molar-refractivity contribution in [2.75, 3.05) is 6.54 Å². The van der Waals surface area contributed by atoms with Gasteiger partial charge in [0.2, 0.25) is 5.91 Å². The number of hydrogen-bond acceptors (Lipinski definition) is 3. The van der Waals surface area contributed by atoms with E-state index in [-0.39, 0.29) is 23.9 Å². The SMILES string of the molecule is N#Cc1cccc(C(=O)N2C3CCC2C2(CCN(Cc4ccccc4)C2=O)C3)c1. The molecule has 3 unspecified atom stereocenters. The summed E-state index contributed by atoms with van der Waals surface area (Å²) in [6.45, 7) is 1.39. The maximum absolute atomic E-state index is 13.5. The number of carbonyl (C=O) groups is 2. The third-order valence-electron chi connectivity index (χ3n) is 6.97. The van der Waals surface area contributed by atoms with Crippen molar-refractivity contribution in [3.63, 3.8) is 0 Å². The molecule has 3 aliphatic rings. The van der Waals surface area contributed by atoms with Gasteiger partial charge in [0.25, 0.3) is 5.91 Å². The normalized spacial score (nSPS) is 27.6. The first-order valence-corrected chi connectivity index (χ1v) is 10.3. The summed E-state index contributed by atoms with van der Waals surface area (Å²) in [5, 5.41) is 9.15. The molecule has 2 bridgehead atoms. The molecule has 3 saturated heterocycles. The van der Waals surface area contributed by atoms with Crippen molar-refractivity contribution in [1.29, 1.82) is 5.26 Å². The Morgan fingerprint density at radius 3 is 2.76 bits per heavy atom. The molecule has 1 spiro atoms. The quantitative estimate of drug-likeness (QED) is 0.814. The lowest BCUT2D eigenvalue weighted by Crippen LogP contribution is -2.45. The van der Waals surface area contributed by atoms with Gasteiger partial charge in [-0.25, -0.2) is 0 Å². The first-order chi connectivity index (χ1) is 14.1. The van der Waals surface area contributed by atoms with Gasteiger partial charge in [-0.05, 0) is 49.4 Å². The average molecular weight is 385 g/mol. The fraction of sp³-hybridized carbons (Fsp3) is 0.375. The van der Waals surface area contributed by atoms with E-state index in [4.69, 9.17) is 5.26 Å². The van der Waals surface area contributed by atoms with Crippen molar-refractivity contribution in [3.8, 4) is 6.07 Å². The highest BCUT2D eigenvalue weighted by atomic mass is 16.2. The van der Waals surface area contributed by atoms with E-state index in [1.165, 1.54) is 0 Å². The summed E-state index contributed by atoms with van der Waals surface area (Å²) in [5.41, 5.74) is 1.75. The summed E-state index contributed by atoms with van der Waals surface area (Å²) in [7, 11) is 0. The third kappa shape index (κ3) is 2.74. The van der Waals surface area contributed by atoms with Crippen molar-refractivity contribution in [2.24, 2.45) is 5.41 Å². The van der Waals surface area contributed by atoms with Gasteiger partial charge in [0, 0.05) is 30.7 Å². The summed E-state index contributed by atoms with van der Waals surface area (Å²) in [5.74, 6) is 0.165. The van der Waals surface area contributed by atoms with Crippen LogP contribution in [0.5, 0.6) is 0 Å². The minimum absolute atomic E-state index is 0.0287. The molecule has 3 atom stereocenters. The molecule has 2 aromatic rings. The molecule has 0 saturated carbocycles. The lowest BCUT2D eigenvalue weighted by Gasteiger charge is -2.32. The fourth-order valence-corrected chi connectivity index (χ4v) is 5.67. The molecule has 3 heterocycles. The lowest BCUT2D eigenvalue weighted by atomic mass is 9.72. The molecule has 3 aliphatic heterocycles. The molecule has 0 aromatic heterocycles. The maximum atomic E-state index is 13.5. The molecule has 5 nitrogen and oxygen atoms in total.